The minimum atomic E-state index is -1.08. The number of aromatic carboxylic acids is 1. The first-order valence-corrected chi connectivity index (χ1v) is 21.3. The van der Waals surface area contributed by atoms with Crippen LogP contribution >= 0.6 is 22.7 Å². The molecule has 0 saturated heterocycles. The first kappa shape index (κ1) is 42.2. The Morgan fingerprint density at radius 3 is 1.64 bits per heavy atom. The smallest absolute Gasteiger partial charge is 0.337 e. The van der Waals surface area contributed by atoms with E-state index >= 15 is 0 Å². The van der Waals surface area contributed by atoms with E-state index in [1.807, 2.05) is 24.3 Å². The molecule has 5 N–H and O–H groups in total. The van der Waals surface area contributed by atoms with Crippen LogP contribution in [0.4, 0.5) is 23.0 Å². The predicted octanol–water partition coefficient (Wildman–Crippen LogP) is 8.35. The second kappa shape index (κ2) is 20.4. The molecule has 0 unspecified atom stereocenters. The Morgan fingerprint density at radius 2 is 1.15 bits per heavy atom. The first-order valence-electron chi connectivity index (χ1n) is 19.5. The average molecular weight is 863 g/mol. The lowest BCUT2D eigenvalue weighted by Gasteiger charge is -2.13. The summed E-state index contributed by atoms with van der Waals surface area (Å²) in [6.45, 7) is 2.55. The zero-order valence-corrected chi connectivity index (χ0v) is 34.7. The van der Waals surface area contributed by atoms with Crippen molar-refractivity contribution < 1.29 is 38.5 Å². The molecule has 6 aromatic rings. The maximum absolute atomic E-state index is 12.9. The van der Waals surface area contributed by atoms with Gasteiger partial charge in [-0.25, -0.2) is 29.5 Å². The van der Waals surface area contributed by atoms with Crippen LogP contribution in [0.1, 0.15) is 80.2 Å². The zero-order chi connectivity index (χ0) is 42.6. The highest BCUT2D eigenvalue weighted by atomic mass is 32.1. The van der Waals surface area contributed by atoms with Gasteiger partial charge in [0.05, 0.1) is 42.8 Å². The van der Waals surface area contributed by atoms with Crippen LogP contribution in [0.15, 0.2) is 83.8 Å². The van der Waals surface area contributed by atoms with Gasteiger partial charge in [0.2, 0.25) is 0 Å². The van der Waals surface area contributed by atoms with Crippen LogP contribution in [0.5, 0.6) is 11.5 Å². The number of methoxy groups -OCH3 is 1. The van der Waals surface area contributed by atoms with Gasteiger partial charge >= 0.3 is 11.9 Å². The molecule has 2 aromatic carbocycles. The van der Waals surface area contributed by atoms with Crippen LogP contribution in [0, 0.1) is 0 Å². The number of thiazole rings is 2. The minimum absolute atomic E-state index is 0.0675. The third kappa shape index (κ3) is 11.2. The number of benzene rings is 2. The van der Waals surface area contributed by atoms with Gasteiger partial charge in [0.15, 0.2) is 0 Å². The van der Waals surface area contributed by atoms with E-state index in [9.17, 15) is 24.3 Å². The van der Waals surface area contributed by atoms with E-state index in [4.69, 9.17) is 14.2 Å². The molecule has 2 amide bonds. The highest BCUT2D eigenvalue weighted by Crippen LogP contribution is 2.31. The van der Waals surface area contributed by atoms with Gasteiger partial charge in [0, 0.05) is 47.4 Å². The Bertz CT molecular complexity index is 2530. The molecule has 16 nitrogen and oxygen atoms in total. The molecule has 8 bridgehead atoms. The molecule has 61 heavy (non-hydrogen) atoms. The number of carboxylic acids is 1. The fraction of sp³-hybridized carbons (Fsp3) is 0.256. The number of aromatic nitrogens is 4. The van der Waals surface area contributed by atoms with Gasteiger partial charge in [-0.1, -0.05) is 0 Å². The molecule has 18 heteroatoms. The Balaban J connectivity index is 0.000000184. The predicted molar refractivity (Wildman–Crippen MR) is 233 cm³/mol. The fourth-order valence-electron chi connectivity index (χ4n) is 6.20. The quantitative estimate of drug-likeness (QED) is 0.104. The van der Waals surface area contributed by atoms with Crippen LogP contribution < -0.4 is 30.7 Å². The van der Waals surface area contributed by atoms with Crippen LogP contribution in [-0.4, -0.2) is 82.2 Å². The average Bonchev–Trinajstić information content (AvgIpc) is 3.98. The zero-order valence-electron chi connectivity index (χ0n) is 33.1. The van der Waals surface area contributed by atoms with Crippen molar-refractivity contribution in [2.75, 3.05) is 54.7 Å². The van der Waals surface area contributed by atoms with Crippen molar-refractivity contribution in [1.29, 1.82) is 0 Å². The Hall–Kier alpha value is -6.92. The Labute approximate surface area is 358 Å². The standard InChI is InChI=1S/C22H22N4O4S.C21H20N4O4S/c1-29-22(28)15-5-6-18-16(11-15)25-20(27)17-13-31-21(26-17)14-7-9-24-19(12-14)23-8-3-2-4-10-30-18;26-19-16-12-30-20(25-16)13-6-8-23-18(11-13)22-7-2-1-3-9-29-17-5-4-14(21(27)28)10-15(17)24-19/h5-7,9,11-13H,2-4,8,10H2,1H3,(H,23,24)(H,25,27);4-6,8,10-12H,1-3,7,9H2,(H,22,23)(H,24,26)(H,27,28). The van der Waals surface area contributed by atoms with Gasteiger partial charge in [-0.15, -0.1) is 22.7 Å². The minimum Gasteiger partial charge on any atom is -0.491 e. The summed E-state index contributed by atoms with van der Waals surface area (Å²) in [6, 6.07) is 16.8. The summed E-state index contributed by atoms with van der Waals surface area (Å²) in [5, 5.41) is 26.3. The number of carboxylic acid groups (broad SMARTS) is 1. The summed E-state index contributed by atoms with van der Waals surface area (Å²) < 4.78 is 16.5. The van der Waals surface area contributed by atoms with Gasteiger partial charge in [0.25, 0.3) is 11.8 Å². The van der Waals surface area contributed by atoms with Gasteiger partial charge in [-0.05, 0) is 99.2 Å². The van der Waals surface area contributed by atoms with Crippen molar-refractivity contribution in [3.63, 3.8) is 0 Å². The number of hydrogen-bond donors (Lipinski definition) is 5. The van der Waals surface area contributed by atoms with Crippen LogP contribution in [0.25, 0.3) is 21.1 Å². The van der Waals surface area contributed by atoms with E-state index in [2.05, 4.69) is 41.2 Å². The number of nitrogens with zero attached hydrogens (tertiary/aromatic N) is 4. The molecule has 2 aliphatic rings. The number of rotatable bonds is 2. The molecular formula is C43H42N8O8S2. The molecular weight excluding hydrogens is 821 g/mol. The summed E-state index contributed by atoms with van der Waals surface area (Å²) in [6.07, 6.45) is 8.99. The Morgan fingerprint density at radius 1 is 0.656 bits per heavy atom. The van der Waals surface area contributed by atoms with Gasteiger partial charge in [-0.3, -0.25) is 9.59 Å². The number of carbonyl (C=O) groups excluding carboxylic acids is 3. The van der Waals surface area contributed by atoms with Crippen LogP contribution in [0.2, 0.25) is 0 Å². The van der Waals surface area contributed by atoms with E-state index < -0.39 is 17.8 Å². The van der Waals surface area contributed by atoms with Crippen molar-refractivity contribution in [2.45, 2.75) is 38.5 Å². The lowest BCUT2D eigenvalue weighted by atomic mass is 10.1. The number of ether oxygens (including phenoxy) is 3. The van der Waals surface area contributed by atoms with Crippen molar-refractivity contribution in [3.8, 4) is 32.6 Å². The van der Waals surface area contributed by atoms with E-state index in [1.165, 1.54) is 41.9 Å². The summed E-state index contributed by atoms with van der Waals surface area (Å²) in [5.41, 5.74) is 3.40. The number of amides is 2. The van der Waals surface area contributed by atoms with Gasteiger partial charge in [0.1, 0.15) is 44.5 Å². The summed E-state index contributed by atoms with van der Waals surface area (Å²) in [7, 11) is 1.31. The number of pyridine rings is 2. The van der Waals surface area contributed by atoms with Gasteiger partial charge < -0.3 is 40.6 Å². The highest BCUT2D eigenvalue weighted by Gasteiger charge is 2.19. The molecule has 0 saturated carbocycles. The second-order valence-electron chi connectivity index (χ2n) is 13.7. The topological polar surface area (TPSA) is 216 Å². The van der Waals surface area contributed by atoms with Crippen molar-refractivity contribution in [1.82, 2.24) is 19.9 Å². The van der Waals surface area contributed by atoms with Crippen molar-refractivity contribution in [2.24, 2.45) is 0 Å². The molecule has 0 radical (unpaired) electrons. The third-order valence-electron chi connectivity index (χ3n) is 9.38. The highest BCUT2D eigenvalue weighted by molar-refractivity contribution is 7.13. The van der Waals surface area contributed by atoms with E-state index in [-0.39, 0.29) is 22.9 Å². The summed E-state index contributed by atoms with van der Waals surface area (Å²) in [4.78, 5) is 66.5. The molecule has 2 aliphatic heterocycles. The number of carbonyl (C=O) groups is 4. The van der Waals surface area contributed by atoms with E-state index in [1.54, 1.807) is 47.4 Å². The van der Waals surface area contributed by atoms with Crippen LogP contribution in [-0.2, 0) is 4.74 Å². The summed E-state index contributed by atoms with van der Waals surface area (Å²) in [5.74, 6) is 0.0965. The monoisotopic (exact) mass is 862 g/mol. The molecule has 314 valence electrons. The SMILES string of the molecule is COC(=O)c1ccc2c(c1)NC(=O)c1csc(n1)-c1ccnc(c1)NCCCCCO2.O=C(O)c1ccc2c(c1)NC(=O)c1csc(n1)-c1ccnc(c1)NCCCCCO2. The molecule has 0 spiro atoms. The first-order chi connectivity index (χ1) is 29.7. The maximum Gasteiger partial charge on any atom is 0.337 e. The molecule has 8 rings (SSSR count). The second-order valence-corrected chi connectivity index (χ2v) is 15.5. The number of nitrogens with one attached hydrogen (secondary N) is 4. The van der Waals surface area contributed by atoms with E-state index in [0.29, 0.717) is 46.7 Å². The largest absolute Gasteiger partial charge is 0.491 e. The maximum atomic E-state index is 12.9. The number of hydrogen-bond acceptors (Lipinski definition) is 15. The van der Waals surface area contributed by atoms with Crippen molar-refractivity contribution >= 4 is 69.4 Å². The number of anilines is 4. The fourth-order valence-corrected chi connectivity index (χ4v) is 7.80. The molecule has 0 fully saturated rings. The molecule has 4 aromatic heterocycles. The number of fused-ring (bicyclic) bond motifs is 12. The Kier molecular flexibility index (Phi) is 14.1. The lowest BCUT2D eigenvalue weighted by Crippen LogP contribution is -2.14. The molecule has 6 heterocycles. The van der Waals surface area contributed by atoms with Gasteiger partial charge in [-0.2, -0.15) is 0 Å². The lowest BCUT2D eigenvalue weighted by molar-refractivity contribution is 0.0599. The van der Waals surface area contributed by atoms with Crippen LogP contribution in [0.3, 0.4) is 0 Å². The van der Waals surface area contributed by atoms with E-state index in [0.717, 1.165) is 79.4 Å². The third-order valence-corrected chi connectivity index (χ3v) is 11.2. The van der Waals surface area contributed by atoms with Crippen molar-refractivity contribution in [3.05, 3.63) is 106 Å². The number of esters is 1. The molecule has 0 aliphatic carbocycles. The normalized spacial score (nSPS) is 14.4. The molecule has 0 atom stereocenters. The summed E-state index contributed by atoms with van der Waals surface area (Å²) >= 11 is 2.73.